The fraction of sp³-hybridized carbons (Fsp3) is 0.333. The van der Waals surface area contributed by atoms with Gasteiger partial charge in [0.25, 0.3) is 9.84 Å². The number of nitrogens with one attached hydrogen (secondary N) is 1. The van der Waals surface area contributed by atoms with Crippen LogP contribution in [-0.4, -0.2) is 45.0 Å². The van der Waals surface area contributed by atoms with Gasteiger partial charge in [-0.05, 0) is 17.0 Å². The number of benzene rings is 1. The van der Waals surface area contributed by atoms with Gasteiger partial charge in [-0.15, -0.1) is 0 Å². The first-order valence-electron chi connectivity index (χ1n) is 6.41. The lowest BCUT2D eigenvalue weighted by atomic mass is 10.4. The molecule has 22 heavy (non-hydrogen) atoms. The Morgan fingerprint density at radius 3 is 2.73 bits per heavy atom. The molecule has 0 saturated heterocycles. The number of ether oxygens (including phenoxy) is 1. The van der Waals surface area contributed by atoms with Gasteiger partial charge in [-0.25, -0.2) is 8.42 Å². The number of aliphatic hydroxyl groups excluding tert-OH is 1. The van der Waals surface area contributed by atoms with Gasteiger partial charge < -0.3 is 20.4 Å². The van der Waals surface area contributed by atoms with Gasteiger partial charge in [-0.3, -0.25) is 4.63 Å². The van der Waals surface area contributed by atoms with Gasteiger partial charge >= 0.3 is 10.9 Å². The van der Waals surface area contributed by atoms with Gasteiger partial charge in [0.15, 0.2) is 0 Å². The summed E-state index contributed by atoms with van der Waals surface area (Å²) in [7, 11) is -4.10. The molecule has 0 atom stereocenters. The first-order chi connectivity index (χ1) is 10.6. The zero-order valence-electron chi connectivity index (χ0n) is 11.5. The third-order valence-electron chi connectivity index (χ3n) is 2.66. The summed E-state index contributed by atoms with van der Waals surface area (Å²) in [5, 5.41) is 25.6. The summed E-state index contributed by atoms with van der Waals surface area (Å²) >= 11 is 0. The average molecular weight is 329 g/mol. The maximum atomic E-state index is 12.4. The Hall–Kier alpha value is -2.17. The highest BCUT2D eigenvalue weighted by Crippen LogP contribution is 2.24. The Balaban J connectivity index is 2.19. The number of rotatable bonds is 8. The monoisotopic (exact) mass is 329 g/mol. The maximum absolute atomic E-state index is 12.4. The van der Waals surface area contributed by atoms with Crippen molar-refractivity contribution >= 4 is 9.84 Å². The maximum Gasteiger partial charge on any atom is 0.415 e. The van der Waals surface area contributed by atoms with E-state index in [1.807, 2.05) is 0 Å². The Labute approximate surface area is 126 Å². The number of hydrogen-bond acceptors (Lipinski definition) is 8. The average Bonchev–Trinajstić information content (AvgIpc) is 2.89. The fourth-order valence-corrected chi connectivity index (χ4v) is 2.96. The Morgan fingerprint density at radius 2 is 2.05 bits per heavy atom. The van der Waals surface area contributed by atoms with Crippen molar-refractivity contribution in [3.63, 3.8) is 0 Å². The van der Waals surface area contributed by atoms with E-state index in [1.54, 1.807) is 6.07 Å². The Morgan fingerprint density at radius 1 is 1.32 bits per heavy atom. The smallest absolute Gasteiger partial charge is 0.415 e. The molecule has 0 bridgehead atoms. The van der Waals surface area contributed by atoms with E-state index in [0.29, 0.717) is 13.1 Å². The number of sulfone groups is 1. The molecule has 0 spiro atoms. The molecule has 9 nitrogen and oxygen atoms in total. The summed E-state index contributed by atoms with van der Waals surface area (Å²) in [6.45, 7) is 0.748. The molecule has 1 aromatic carbocycles. The van der Waals surface area contributed by atoms with Crippen LogP contribution in [0.15, 0.2) is 44.9 Å². The minimum Gasteiger partial charge on any atom is -0.453 e. The molecule has 0 radical (unpaired) electrons. The molecule has 1 heterocycles. The second-order valence-electron chi connectivity index (χ2n) is 4.18. The molecule has 1 aromatic heterocycles. The molecule has 0 aliphatic heterocycles. The Kier molecular flexibility index (Phi) is 5.31. The minimum absolute atomic E-state index is 0.0296. The summed E-state index contributed by atoms with van der Waals surface area (Å²) in [6.07, 6.45) is 0. The predicted octanol–water partition coefficient (Wildman–Crippen LogP) is -0.898. The molecule has 120 valence electrons. The van der Waals surface area contributed by atoms with Crippen LogP contribution in [0.4, 0.5) is 0 Å². The minimum atomic E-state index is -4.10. The first-order valence-corrected chi connectivity index (χ1v) is 7.90. The number of nitrogens with zero attached hydrogens (tertiary/aromatic N) is 2. The highest BCUT2D eigenvalue weighted by Gasteiger charge is 2.35. The molecule has 0 aliphatic rings. The van der Waals surface area contributed by atoms with Gasteiger partial charge in [0.1, 0.15) is 6.61 Å². The van der Waals surface area contributed by atoms with Gasteiger partial charge in [0.2, 0.25) is 0 Å². The SMILES string of the molecule is O=S(=O)(c1ccccc1)c1c(OCCNCCO)no[n+]1[O-]. The largest absolute Gasteiger partial charge is 0.453 e. The summed E-state index contributed by atoms with van der Waals surface area (Å²) in [6, 6.07) is 7.44. The summed E-state index contributed by atoms with van der Waals surface area (Å²) < 4.78 is 34.3. The van der Waals surface area contributed by atoms with Crippen molar-refractivity contribution in [2.24, 2.45) is 0 Å². The van der Waals surface area contributed by atoms with Crippen LogP contribution in [0.3, 0.4) is 0 Å². The highest BCUT2D eigenvalue weighted by atomic mass is 32.2. The van der Waals surface area contributed by atoms with Crippen LogP contribution < -0.4 is 15.0 Å². The van der Waals surface area contributed by atoms with E-state index in [2.05, 4.69) is 15.1 Å². The second kappa shape index (κ2) is 7.20. The molecular weight excluding hydrogens is 314 g/mol. The summed E-state index contributed by atoms with van der Waals surface area (Å²) in [5.74, 6) is -0.398. The van der Waals surface area contributed by atoms with Crippen LogP contribution in [-0.2, 0) is 9.84 Å². The van der Waals surface area contributed by atoms with Crippen molar-refractivity contribution in [1.82, 2.24) is 10.5 Å². The molecule has 10 heteroatoms. The van der Waals surface area contributed by atoms with E-state index in [0.717, 1.165) is 0 Å². The molecule has 2 aromatic rings. The van der Waals surface area contributed by atoms with Gasteiger partial charge in [-0.2, -0.15) is 0 Å². The van der Waals surface area contributed by atoms with Crippen molar-refractivity contribution in [3.05, 3.63) is 35.5 Å². The van der Waals surface area contributed by atoms with Crippen molar-refractivity contribution in [2.45, 2.75) is 9.92 Å². The van der Waals surface area contributed by atoms with E-state index in [-0.39, 0.29) is 23.0 Å². The second-order valence-corrected chi connectivity index (χ2v) is 6.04. The van der Waals surface area contributed by atoms with Crippen LogP contribution in [0.2, 0.25) is 0 Å². The zero-order chi connectivity index (χ0) is 16.0. The predicted molar refractivity (Wildman–Crippen MR) is 72.8 cm³/mol. The Bertz CT molecular complexity index is 701. The standard InChI is InChI=1S/C12H15N3O6S/c16-8-6-13-7-9-20-11-12(15(17)21-14-11)22(18,19)10-4-2-1-3-5-10/h1-5,13,16H,6-9H2. The third kappa shape index (κ3) is 3.53. The van der Waals surface area contributed by atoms with Crippen molar-refractivity contribution in [2.75, 3.05) is 26.3 Å². The molecule has 0 fully saturated rings. The van der Waals surface area contributed by atoms with Gasteiger partial charge in [-0.1, -0.05) is 18.2 Å². The van der Waals surface area contributed by atoms with Crippen LogP contribution in [0.5, 0.6) is 5.88 Å². The number of aliphatic hydroxyl groups is 1. The number of hydrogen-bond donors (Lipinski definition) is 2. The van der Waals surface area contributed by atoms with E-state index < -0.39 is 20.7 Å². The summed E-state index contributed by atoms with van der Waals surface area (Å²) in [5.41, 5.74) is 0. The molecule has 2 rings (SSSR count). The van der Waals surface area contributed by atoms with Crippen molar-refractivity contribution in [3.8, 4) is 5.88 Å². The van der Waals surface area contributed by atoms with Crippen LogP contribution >= 0.6 is 0 Å². The van der Waals surface area contributed by atoms with Crippen molar-refractivity contribution < 1.29 is 27.8 Å². The molecule has 0 aliphatic carbocycles. The molecule has 0 unspecified atom stereocenters. The highest BCUT2D eigenvalue weighted by molar-refractivity contribution is 7.91. The lowest BCUT2D eigenvalue weighted by molar-refractivity contribution is -0.832. The molecule has 0 saturated carbocycles. The van der Waals surface area contributed by atoms with E-state index in [9.17, 15) is 13.6 Å². The van der Waals surface area contributed by atoms with Crippen LogP contribution in [0.1, 0.15) is 0 Å². The van der Waals surface area contributed by atoms with Crippen LogP contribution in [0.25, 0.3) is 0 Å². The number of aromatic nitrogens is 2. The topological polar surface area (TPSA) is 129 Å². The van der Waals surface area contributed by atoms with E-state index >= 15 is 0 Å². The molecular formula is C12H15N3O6S. The molecule has 2 N–H and O–H groups in total. The fourth-order valence-electron chi connectivity index (χ4n) is 1.66. The van der Waals surface area contributed by atoms with Crippen LogP contribution in [0, 0.1) is 5.21 Å². The van der Waals surface area contributed by atoms with Gasteiger partial charge in [0.05, 0.1) is 16.7 Å². The first kappa shape index (κ1) is 16.2. The van der Waals surface area contributed by atoms with Crippen molar-refractivity contribution in [1.29, 1.82) is 0 Å². The third-order valence-corrected chi connectivity index (χ3v) is 4.39. The summed E-state index contributed by atoms with van der Waals surface area (Å²) in [4.78, 5) is -0.259. The van der Waals surface area contributed by atoms with E-state index in [1.165, 1.54) is 24.3 Å². The normalized spacial score (nSPS) is 11.5. The lowest BCUT2D eigenvalue weighted by Crippen LogP contribution is -2.31. The zero-order valence-corrected chi connectivity index (χ0v) is 12.3. The lowest BCUT2D eigenvalue weighted by Gasteiger charge is -2.04. The van der Waals surface area contributed by atoms with Gasteiger partial charge in [0, 0.05) is 13.1 Å². The van der Waals surface area contributed by atoms with E-state index in [4.69, 9.17) is 9.84 Å². The molecule has 0 amide bonds. The quantitative estimate of drug-likeness (QED) is 0.471.